The number of anilines is 3. The second-order valence-corrected chi connectivity index (χ2v) is 7.78. The Morgan fingerprint density at radius 3 is 2.41 bits per heavy atom. The number of para-hydroxylation sites is 1. The Morgan fingerprint density at radius 1 is 1.04 bits per heavy atom. The van der Waals surface area contributed by atoms with E-state index in [1.807, 2.05) is 24.3 Å². The zero-order valence-electron chi connectivity index (χ0n) is 15.4. The smallest absolute Gasteiger partial charge is 0.188 e. The lowest BCUT2D eigenvalue weighted by Gasteiger charge is -2.32. The van der Waals surface area contributed by atoms with E-state index in [2.05, 4.69) is 52.3 Å². The minimum atomic E-state index is -0.102. The molecule has 1 heterocycles. The highest BCUT2D eigenvalue weighted by molar-refractivity contribution is 6.99. The predicted molar refractivity (Wildman–Crippen MR) is 108 cm³/mol. The van der Waals surface area contributed by atoms with E-state index in [9.17, 15) is 5.11 Å². The van der Waals surface area contributed by atoms with Gasteiger partial charge >= 0.3 is 0 Å². The summed E-state index contributed by atoms with van der Waals surface area (Å²) in [6, 6.07) is 17.1. The molecule has 0 bridgehead atoms. The summed E-state index contributed by atoms with van der Waals surface area (Å²) in [5, 5.41) is 25.9. The Balaban J connectivity index is 1.90. The van der Waals surface area contributed by atoms with Gasteiger partial charge in [0.15, 0.2) is 17.4 Å². The fourth-order valence-corrected chi connectivity index (χ4v) is 3.28. The van der Waals surface area contributed by atoms with E-state index < -0.39 is 0 Å². The van der Waals surface area contributed by atoms with E-state index in [0.29, 0.717) is 17.3 Å². The molecule has 138 valence electrons. The zero-order valence-corrected chi connectivity index (χ0v) is 16.2. The van der Waals surface area contributed by atoms with Crippen LogP contribution in [0.25, 0.3) is 0 Å². The third-order valence-electron chi connectivity index (χ3n) is 4.18. The molecule has 3 N–H and O–H groups in total. The number of aromatic nitrogens is 2. The monoisotopic (exact) mass is 379 g/mol. The number of hydrogen-bond acceptors (Lipinski definition) is 7. The minimum Gasteiger partial charge on any atom is -0.504 e. The summed E-state index contributed by atoms with van der Waals surface area (Å²) in [6.45, 7) is 6.48. The van der Waals surface area contributed by atoms with E-state index in [1.165, 1.54) is 0 Å². The Morgan fingerprint density at radius 2 is 1.74 bits per heavy atom. The maximum Gasteiger partial charge on any atom is 0.188 e. The lowest BCUT2D eigenvalue weighted by atomic mass is 9.82. The lowest BCUT2D eigenvalue weighted by Crippen LogP contribution is -2.26. The van der Waals surface area contributed by atoms with Gasteiger partial charge in [-0.2, -0.15) is 14.0 Å². The highest BCUT2D eigenvalue weighted by Crippen LogP contribution is 2.38. The number of nitrogens with zero attached hydrogens (tertiary/aromatic N) is 3. The molecule has 27 heavy (non-hydrogen) atoms. The van der Waals surface area contributed by atoms with E-state index in [4.69, 9.17) is 5.26 Å². The Labute approximate surface area is 162 Å². The van der Waals surface area contributed by atoms with Gasteiger partial charge in [-0.25, -0.2) is 0 Å². The summed E-state index contributed by atoms with van der Waals surface area (Å²) in [7, 11) is 0. The van der Waals surface area contributed by atoms with Crippen LogP contribution in [0.2, 0.25) is 0 Å². The fraction of sp³-hybridized carbons (Fsp3) is 0.250. The number of aromatic hydroxyl groups is 1. The van der Waals surface area contributed by atoms with Crippen LogP contribution in [-0.2, 0) is 0 Å². The first kappa shape index (κ1) is 18.7. The maximum absolute atomic E-state index is 10.2. The average Bonchev–Trinajstić information content (AvgIpc) is 3.08. The number of nitriles is 1. The molecular weight excluding hydrogens is 358 g/mol. The SMILES string of the molecule is CC(C)(C)C(Nc1nsnc1Nc1cccc(C#N)c1O)c1ccccc1. The number of hydrogen-bond donors (Lipinski definition) is 3. The second-order valence-electron chi connectivity index (χ2n) is 7.25. The van der Waals surface area contributed by atoms with Crippen LogP contribution in [0.15, 0.2) is 48.5 Å². The van der Waals surface area contributed by atoms with Crippen molar-refractivity contribution in [2.75, 3.05) is 10.6 Å². The molecule has 0 aliphatic heterocycles. The molecule has 0 aliphatic carbocycles. The van der Waals surface area contributed by atoms with Gasteiger partial charge in [0.2, 0.25) is 0 Å². The van der Waals surface area contributed by atoms with Crippen LogP contribution in [0.5, 0.6) is 5.75 Å². The molecule has 1 unspecified atom stereocenters. The standard InChI is InChI=1S/C20H21N5OS/c1-20(2,3)17(13-8-5-4-6-9-13)23-19-18(24-27-25-19)22-15-11-7-10-14(12-21)16(15)26/h4-11,17,26H,1-3H3,(H,22,24)(H,23,25). The van der Waals surface area contributed by atoms with Crippen molar-refractivity contribution in [3.8, 4) is 11.8 Å². The van der Waals surface area contributed by atoms with Crippen LogP contribution in [0, 0.1) is 16.7 Å². The topological polar surface area (TPSA) is 93.9 Å². The van der Waals surface area contributed by atoms with Crippen LogP contribution >= 0.6 is 11.7 Å². The fourth-order valence-electron chi connectivity index (χ4n) is 2.81. The molecule has 1 atom stereocenters. The normalized spacial score (nSPS) is 12.2. The molecular formula is C20H21N5OS. The van der Waals surface area contributed by atoms with Gasteiger partial charge in [0, 0.05) is 0 Å². The minimum absolute atomic E-state index is 0.0159. The average molecular weight is 379 g/mol. The molecule has 0 aliphatic rings. The Bertz CT molecular complexity index is 956. The highest BCUT2D eigenvalue weighted by atomic mass is 32.1. The highest BCUT2D eigenvalue weighted by Gasteiger charge is 2.28. The van der Waals surface area contributed by atoms with Gasteiger partial charge in [-0.1, -0.05) is 57.2 Å². The van der Waals surface area contributed by atoms with Crippen molar-refractivity contribution >= 4 is 29.1 Å². The van der Waals surface area contributed by atoms with Crippen molar-refractivity contribution in [2.45, 2.75) is 26.8 Å². The van der Waals surface area contributed by atoms with Gasteiger partial charge in [-0.05, 0) is 23.1 Å². The number of phenolic OH excluding ortho intramolecular Hbond substituents is 1. The third kappa shape index (κ3) is 4.18. The van der Waals surface area contributed by atoms with E-state index in [0.717, 1.165) is 17.3 Å². The molecule has 0 saturated heterocycles. The largest absolute Gasteiger partial charge is 0.504 e. The molecule has 0 spiro atoms. The molecule has 3 aromatic rings. The van der Waals surface area contributed by atoms with E-state index in [1.54, 1.807) is 18.2 Å². The third-order valence-corrected chi connectivity index (χ3v) is 4.71. The van der Waals surface area contributed by atoms with Crippen molar-refractivity contribution in [1.82, 2.24) is 8.75 Å². The van der Waals surface area contributed by atoms with Crippen molar-refractivity contribution in [1.29, 1.82) is 5.26 Å². The molecule has 0 fully saturated rings. The van der Waals surface area contributed by atoms with Crippen molar-refractivity contribution in [2.24, 2.45) is 5.41 Å². The van der Waals surface area contributed by atoms with Crippen LogP contribution in [0.3, 0.4) is 0 Å². The molecule has 7 heteroatoms. The van der Waals surface area contributed by atoms with Gasteiger partial charge in [0.05, 0.1) is 29.0 Å². The lowest BCUT2D eigenvalue weighted by molar-refractivity contribution is 0.347. The second kappa shape index (κ2) is 7.64. The molecule has 2 aromatic carbocycles. The first-order valence-corrected chi connectivity index (χ1v) is 9.26. The number of phenols is 1. The number of rotatable bonds is 5. The van der Waals surface area contributed by atoms with Crippen molar-refractivity contribution < 1.29 is 5.11 Å². The Hall–Kier alpha value is -3.11. The van der Waals surface area contributed by atoms with Crippen LogP contribution < -0.4 is 10.6 Å². The van der Waals surface area contributed by atoms with Crippen molar-refractivity contribution in [3.05, 3.63) is 59.7 Å². The Kier molecular flexibility index (Phi) is 5.28. The van der Waals surface area contributed by atoms with Gasteiger partial charge in [0.1, 0.15) is 6.07 Å². The van der Waals surface area contributed by atoms with Crippen LogP contribution in [-0.4, -0.2) is 13.9 Å². The van der Waals surface area contributed by atoms with Gasteiger partial charge in [-0.15, -0.1) is 0 Å². The first-order chi connectivity index (χ1) is 12.9. The molecule has 3 rings (SSSR count). The quantitative estimate of drug-likeness (QED) is 0.537. The predicted octanol–water partition coefficient (Wildman–Crippen LogP) is 5.06. The van der Waals surface area contributed by atoms with Crippen LogP contribution in [0.1, 0.15) is 37.9 Å². The molecule has 1 aromatic heterocycles. The first-order valence-electron chi connectivity index (χ1n) is 8.53. The van der Waals surface area contributed by atoms with E-state index >= 15 is 0 Å². The zero-order chi connectivity index (χ0) is 19.4. The molecule has 0 saturated carbocycles. The molecule has 0 radical (unpaired) electrons. The summed E-state index contributed by atoms with van der Waals surface area (Å²) in [5.74, 6) is 1.01. The summed E-state index contributed by atoms with van der Waals surface area (Å²) >= 11 is 1.08. The van der Waals surface area contributed by atoms with Gasteiger partial charge in [0.25, 0.3) is 0 Å². The maximum atomic E-state index is 10.2. The van der Waals surface area contributed by atoms with Gasteiger partial charge in [-0.3, -0.25) is 0 Å². The van der Waals surface area contributed by atoms with Gasteiger partial charge < -0.3 is 15.7 Å². The summed E-state index contributed by atoms with van der Waals surface area (Å²) < 4.78 is 8.67. The summed E-state index contributed by atoms with van der Waals surface area (Å²) in [6.07, 6.45) is 0. The molecule has 6 nitrogen and oxygen atoms in total. The van der Waals surface area contributed by atoms with Crippen molar-refractivity contribution in [3.63, 3.8) is 0 Å². The molecule has 0 amide bonds. The number of benzene rings is 2. The van der Waals surface area contributed by atoms with Crippen LogP contribution in [0.4, 0.5) is 17.3 Å². The van der Waals surface area contributed by atoms with E-state index in [-0.39, 0.29) is 22.8 Å². The summed E-state index contributed by atoms with van der Waals surface area (Å²) in [5.41, 5.74) is 1.70. The summed E-state index contributed by atoms with van der Waals surface area (Å²) in [4.78, 5) is 0. The number of nitrogens with one attached hydrogen (secondary N) is 2.